The largest absolute Gasteiger partial charge is 0.392 e. The van der Waals surface area contributed by atoms with Gasteiger partial charge in [-0.3, -0.25) is 4.79 Å². The van der Waals surface area contributed by atoms with Crippen molar-refractivity contribution in [2.24, 2.45) is 5.92 Å². The number of carbonyl (C=O) groups excluding carboxylic acids is 1. The number of hydrogen-bond acceptors (Lipinski definition) is 4. The van der Waals surface area contributed by atoms with Crippen molar-refractivity contribution in [1.29, 1.82) is 0 Å². The number of amides is 1. The Hall–Kier alpha value is -3.05. The molecule has 0 aliphatic heterocycles. The summed E-state index contributed by atoms with van der Waals surface area (Å²) >= 11 is 0. The molecule has 0 bridgehead atoms. The summed E-state index contributed by atoms with van der Waals surface area (Å²) < 4.78 is 0. The van der Waals surface area contributed by atoms with E-state index < -0.39 is 0 Å². The Morgan fingerprint density at radius 2 is 1.69 bits per heavy atom. The smallest absolute Gasteiger partial charge is 0.225 e. The number of benzene rings is 2. The van der Waals surface area contributed by atoms with Crippen LogP contribution in [0.2, 0.25) is 0 Å². The van der Waals surface area contributed by atoms with Gasteiger partial charge < -0.3 is 10.4 Å². The van der Waals surface area contributed by atoms with Crippen LogP contribution in [0, 0.1) is 5.92 Å². The number of carbonyl (C=O) groups is 1. The van der Waals surface area contributed by atoms with Crippen molar-refractivity contribution in [3.63, 3.8) is 0 Å². The summed E-state index contributed by atoms with van der Waals surface area (Å²) in [5, 5.41) is 12.3. The molecule has 0 unspecified atom stereocenters. The monoisotopic (exact) mass is 429 g/mol. The Bertz CT molecular complexity index is 1010. The lowest BCUT2D eigenvalue weighted by molar-refractivity contribution is -0.117. The van der Waals surface area contributed by atoms with Gasteiger partial charge in [0, 0.05) is 12.0 Å². The first-order chi connectivity index (χ1) is 15.7. The molecule has 2 N–H and O–H groups in total. The third kappa shape index (κ3) is 6.01. The predicted octanol–water partition coefficient (Wildman–Crippen LogP) is 5.33. The van der Waals surface area contributed by atoms with Gasteiger partial charge in [0.15, 0.2) is 5.82 Å². The highest BCUT2D eigenvalue weighted by Crippen LogP contribution is 2.27. The fourth-order valence-corrected chi connectivity index (χ4v) is 4.37. The molecule has 1 saturated carbocycles. The molecule has 0 atom stereocenters. The van der Waals surface area contributed by atoms with Gasteiger partial charge in [-0.05, 0) is 42.7 Å². The average molecular weight is 430 g/mol. The minimum absolute atomic E-state index is 0.0141. The Morgan fingerprint density at radius 3 is 2.41 bits per heavy atom. The lowest BCUT2D eigenvalue weighted by atomic mass is 9.87. The van der Waals surface area contributed by atoms with Crippen molar-refractivity contribution in [2.45, 2.75) is 58.0 Å². The standard InChI is InChI=1S/C27H31N3O2/c31-19-22-11-14-23(15-12-22)25-18-28-27(30-26(32)17-21-9-5-2-6-10-21)24(29-25)16-13-20-7-3-1-4-8-20/h1,3-4,7-8,11-12,14-15,18,21,31H,2,5-6,9-10,13,16-17,19H2,(H,28,30,32). The first-order valence-corrected chi connectivity index (χ1v) is 11.6. The second-order valence-electron chi connectivity index (χ2n) is 8.65. The molecule has 1 amide bonds. The summed E-state index contributed by atoms with van der Waals surface area (Å²) in [5.74, 6) is 1.08. The maximum absolute atomic E-state index is 12.7. The lowest BCUT2D eigenvalue weighted by Gasteiger charge is -2.21. The van der Waals surface area contributed by atoms with E-state index >= 15 is 0 Å². The minimum atomic E-state index is 0.0141. The maximum Gasteiger partial charge on any atom is 0.225 e. The van der Waals surface area contributed by atoms with Gasteiger partial charge in [0.2, 0.25) is 5.91 Å². The SMILES string of the molecule is O=C(CC1CCCCC1)Nc1ncc(-c2ccc(CO)cc2)nc1CCc1ccccc1. The Morgan fingerprint density at radius 1 is 0.938 bits per heavy atom. The van der Waals surface area contributed by atoms with Crippen LogP contribution in [0.15, 0.2) is 60.8 Å². The molecule has 1 aliphatic rings. The number of aromatic nitrogens is 2. The number of aliphatic hydroxyl groups is 1. The van der Waals surface area contributed by atoms with Gasteiger partial charge in [0.05, 0.1) is 24.2 Å². The van der Waals surface area contributed by atoms with E-state index in [-0.39, 0.29) is 12.5 Å². The van der Waals surface area contributed by atoms with E-state index in [4.69, 9.17) is 4.98 Å². The van der Waals surface area contributed by atoms with Crippen LogP contribution in [0.25, 0.3) is 11.3 Å². The first-order valence-electron chi connectivity index (χ1n) is 11.6. The molecule has 2 aromatic carbocycles. The number of anilines is 1. The minimum Gasteiger partial charge on any atom is -0.392 e. The van der Waals surface area contributed by atoms with Crippen molar-refractivity contribution in [3.05, 3.63) is 77.6 Å². The molecule has 1 aliphatic carbocycles. The summed E-state index contributed by atoms with van der Waals surface area (Å²) in [4.78, 5) is 22.2. The molecule has 0 radical (unpaired) electrons. The number of nitrogens with zero attached hydrogens (tertiary/aromatic N) is 2. The Balaban J connectivity index is 1.53. The predicted molar refractivity (Wildman–Crippen MR) is 127 cm³/mol. The summed E-state index contributed by atoms with van der Waals surface area (Å²) in [6.45, 7) is 0.0141. The van der Waals surface area contributed by atoms with E-state index in [1.54, 1.807) is 6.20 Å². The molecule has 4 rings (SSSR count). The number of rotatable bonds is 8. The van der Waals surface area contributed by atoms with E-state index in [2.05, 4.69) is 22.4 Å². The zero-order valence-corrected chi connectivity index (χ0v) is 18.5. The van der Waals surface area contributed by atoms with Crippen molar-refractivity contribution in [3.8, 4) is 11.3 Å². The first kappa shape index (κ1) is 22.2. The topological polar surface area (TPSA) is 75.1 Å². The maximum atomic E-state index is 12.7. The second-order valence-corrected chi connectivity index (χ2v) is 8.65. The molecule has 1 heterocycles. The van der Waals surface area contributed by atoms with E-state index in [9.17, 15) is 9.90 Å². The number of aliphatic hydroxyl groups excluding tert-OH is 1. The molecule has 3 aromatic rings. The van der Waals surface area contributed by atoms with Crippen LogP contribution in [0.3, 0.4) is 0 Å². The van der Waals surface area contributed by atoms with Crippen LogP contribution in [0.5, 0.6) is 0 Å². The number of hydrogen-bond donors (Lipinski definition) is 2. The molecule has 5 heteroatoms. The third-order valence-electron chi connectivity index (χ3n) is 6.23. The number of nitrogens with one attached hydrogen (secondary N) is 1. The van der Waals surface area contributed by atoms with E-state index in [1.807, 2.05) is 42.5 Å². The molecular weight excluding hydrogens is 398 g/mol. The van der Waals surface area contributed by atoms with E-state index in [0.717, 1.165) is 41.8 Å². The summed E-state index contributed by atoms with van der Waals surface area (Å²) in [6, 6.07) is 18.0. The zero-order chi connectivity index (χ0) is 22.2. The lowest BCUT2D eigenvalue weighted by Crippen LogP contribution is -2.20. The van der Waals surface area contributed by atoms with E-state index in [0.29, 0.717) is 24.6 Å². The molecule has 32 heavy (non-hydrogen) atoms. The van der Waals surface area contributed by atoms with Crippen molar-refractivity contribution in [2.75, 3.05) is 5.32 Å². The van der Waals surface area contributed by atoms with Gasteiger partial charge in [0.25, 0.3) is 0 Å². The summed E-state index contributed by atoms with van der Waals surface area (Å²) in [5.41, 5.74) is 4.59. The Kier molecular flexibility index (Phi) is 7.62. The molecule has 0 saturated heterocycles. The van der Waals surface area contributed by atoms with Gasteiger partial charge >= 0.3 is 0 Å². The van der Waals surface area contributed by atoms with Gasteiger partial charge in [-0.2, -0.15) is 0 Å². The average Bonchev–Trinajstić information content (AvgIpc) is 2.84. The highest BCUT2D eigenvalue weighted by atomic mass is 16.3. The zero-order valence-electron chi connectivity index (χ0n) is 18.5. The fourth-order valence-electron chi connectivity index (χ4n) is 4.37. The molecule has 5 nitrogen and oxygen atoms in total. The molecule has 0 spiro atoms. The summed E-state index contributed by atoms with van der Waals surface area (Å²) in [6.07, 6.45) is 9.82. The number of aryl methyl sites for hydroxylation is 2. The quantitative estimate of drug-likeness (QED) is 0.507. The van der Waals surface area contributed by atoms with Crippen molar-refractivity contribution >= 4 is 11.7 Å². The van der Waals surface area contributed by atoms with E-state index in [1.165, 1.54) is 24.8 Å². The molecule has 1 fully saturated rings. The normalized spacial score (nSPS) is 14.3. The van der Waals surface area contributed by atoms with Crippen LogP contribution in [-0.4, -0.2) is 21.0 Å². The highest BCUT2D eigenvalue weighted by molar-refractivity contribution is 5.90. The van der Waals surface area contributed by atoms with Crippen LogP contribution in [0.4, 0.5) is 5.82 Å². The summed E-state index contributed by atoms with van der Waals surface area (Å²) in [7, 11) is 0. The van der Waals surface area contributed by atoms with Crippen molar-refractivity contribution in [1.82, 2.24) is 9.97 Å². The van der Waals surface area contributed by atoms with Crippen LogP contribution < -0.4 is 5.32 Å². The van der Waals surface area contributed by atoms with Gasteiger partial charge in [-0.1, -0.05) is 73.9 Å². The van der Waals surface area contributed by atoms with Gasteiger partial charge in [0.1, 0.15) is 0 Å². The van der Waals surface area contributed by atoms with Crippen molar-refractivity contribution < 1.29 is 9.90 Å². The van der Waals surface area contributed by atoms with Crippen LogP contribution in [-0.2, 0) is 24.2 Å². The third-order valence-corrected chi connectivity index (χ3v) is 6.23. The van der Waals surface area contributed by atoms with Gasteiger partial charge in [-0.25, -0.2) is 9.97 Å². The Labute approximate surface area is 189 Å². The molecule has 166 valence electrons. The second kappa shape index (κ2) is 11.0. The highest BCUT2D eigenvalue weighted by Gasteiger charge is 2.19. The molecule has 1 aromatic heterocycles. The van der Waals surface area contributed by atoms with Crippen LogP contribution in [0.1, 0.15) is 55.3 Å². The van der Waals surface area contributed by atoms with Crippen LogP contribution >= 0.6 is 0 Å². The molecular formula is C27H31N3O2. The van der Waals surface area contributed by atoms with Gasteiger partial charge in [-0.15, -0.1) is 0 Å². The fraction of sp³-hybridized carbons (Fsp3) is 0.370.